The van der Waals surface area contributed by atoms with Crippen molar-refractivity contribution in [2.45, 2.75) is 29.8 Å². The molecule has 0 aliphatic heterocycles. The van der Waals surface area contributed by atoms with E-state index in [2.05, 4.69) is 15.3 Å². The highest BCUT2D eigenvalue weighted by Gasteiger charge is 2.15. The molecule has 1 heterocycles. The zero-order valence-corrected chi connectivity index (χ0v) is 11.7. The summed E-state index contributed by atoms with van der Waals surface area (Å²) in [6.07, 6.45) is 4.85. The standard InChI is InChI=1S/C14H16FN3S/c1-3-17-10(2)11-5-4-6-12(15)14(11)19-13-9-16-7-8-18-13/h4-10,17H,3H2,1-2H3. The van der Waals surface area contributed by atoms with Gasteiger partial charge in [0.15, 0.2) is 0 Å². The highest BCUT2D eigenvalue weighted by Crippen LogP contribution is 2.33. The first-order valence-electron chi connectivity index (χ1n) is 6.18. The van der Waals surface area contributed by atoms with Crippen LogP contribution in [0.4, 0.5) is 4.39 Å². The Morgan fingerprint density at radius 2 is 2.21 bits per heavy atom. The van der Waals surface area contributed by atoms with Crippen molar-refractivity contribution in [3.05, 3.63) is 48.2 Å². The molecule has 1 aromatic carbocycles. The number of nitrogens with one attached hydrogen (secondary N) is 1. The van der Waals surface area contributed by atoms with Crippen molar-refractivity contribution in [1.82, 2.24) is 15.3 Å². The summed E-state index contributed by atoms with van der Waals surface area (Å²) in [5, 5.41) is 3.99. The summed E-state index contributed by atoms with van der Waals surface area (Å²) in [7, 11) is 0. The van der Waals surface area contributed by atoms with E-state index in [0.717, 1.165) is 12.1 Å². The molecule has 1 N–H and O–H groups in total. The average molecular weight is 277 g/mol. The lowest BCUT2D eigenvalue weighted by Gasteiger charge is -2.17. The van der Waals surface area contributed by atoms with Crippen molar-refractivity contribution >= 4 is 11.8 Å². The van der Waals surface area contributed by atoms with Gasteiger partial charge >= 0.3 is 0 Å². The third kappa shape index (κ3) is 3.52. The normalized spacial score (nSPS) is 12.4. The van der Waals surface area contributed by atoms with Crippen molar-refractivity contribution < 1.29 is 4.39 Å². The summed E-state index contributed by atoms with van der Waals surface area (Å²) in [6, 6.07) is 5.25. The molecule has 1 aromatic heterocycles. The quantitative estimate of drug-likeness (QED) is 0.908. The fourth-order valence-electron chi connectivity index (χ4n) is 1.83. The summed E-state index contributed by atoms with van der Waals surface area (Å²) in [4.78, 5) is 8.78. The molecule has 0 radical (unpaired) electrons. The van der Waals surface area contributed by atoms with Crippen LogP contribution in [0.5, 0.6) is 0 Å². The molecule has 2 rings (SSSR count). The zero-order valence-electron chi connectivity index (χ0n) is 10.9. The molecule has 19 heavy (non-hydrogen) atoms. The second-order valence-electron chi connectivity index (χ2n) is 4.08. The Labute approximate surface area is 116 Å². The minimum Gasteiger partial charge on any atom is -0.310 e. The van der Waals surface area contributed by atoms with Crippen molar-refractivity contribution in [2.75, 3.05) is 6.54 Å². The highest BCUT2D eigenvalue weighted by atomic mass is 32.2. The van der Waals surface area contributed by atoms with Crippen LogP contribution < -0.4 is 5.32 Å². The largest absolute Gasteiger partial charge is 0.310 e. The van der Waals surface area contributed by atoms with Gasteiger partial charge in [0, 0.05) is 18.4 Å². The van der Waals surface area contributed by atoms with E-state index in [1.807, 2.05) is 19.9 Å². The Morgan fingerprint density at radius 1 is 1.37 bits per heavy atom. The molecule has 0 fully saturated rings. The maximum Gasteiger partial charge on any atom is 0.137 e. The van der Waals surface area contributed by atoms with Crippen LogP contribution in [0.15, 0.2) is 46.7 Å². The van der Waals surface area contributed by atoms with Gasteiger partial charge < -0.3 is 5.32 Å². The third-order valence-electron chi connectivity index (χ3n) is 2.72. The van der Waals surface area contributed by atoms with E-state index in [0.29, 0.717) is 9.92 Å². The summed E-state index contributed by atoms with van der Waals surface area (Å²) in [5.41, 5.74) is 0.942. The Bertz CT molecular complexity index is 533. The van der Waals surface area contributed by atoms with Crippen LogP contribution in [0.2, 0.25) is 0 Å². The SMILES string of the molecule is CCNC(C)c1cccc(F)c1Sc1cnccn1. The molecule has 0 bridgehead atoms. The number of nitrogens with zero attached hydrogens (tertiary/aromatic N) is 2. The first-order chi connectivity index (χ1) is 9.22. The lowest BCUT2D eigenvalue weighted by molar-refractivity contribution is 0.557. The molecule has 1 atom stereocenters. The van der Waals surface area contributed by atoms with E-state index < -0.39 is 0 Å². The minimum absolute atomic E-state index is 0.0971. The lowest BCUT2D eigenvalue weighted by atomic mass is 10.1. The fourth-order valence-corrected chi connectivity index (χ4v) is 2.80. The van der Waals surface area contributed by atoms with Crippen molar-refractivity contribution in [1.29, 1.82) is 0 Å². The molecule has 1 unspecified atom stereocenters. The number of benzene rings is 1. The fraction of sp³-hybridized carbons (Fsp3) is 0.286. The van der Waals surface area contributed by atoms with Gasteiger partial charge in [-0.2, -0.15) is 0 Å². The summed E-state index contributed by atoms with van der Waals surface area (Å²) in [5.74, 6) is -0.224. The molecule has 0 aliphatic rings. The predicted molar refractivity (Wildman–Crippen MR) is 74.6 cm³/mol. The van der Waals surface area contributed by atoms with Gasteiger partial charge in [-0.1, -0.05) is 30.8 Å². The van der Waals surface area contributed by atoms with Gasteiger partial charge in [0.05, 0.1) is 11.1 Å². The van der Waals surface area contributed by atoms with Gasteiger partial charge in [-0.15, -0.1) is 0 Å². The Kier molecular flexibility index (Phi) is 4.87. The first kappa shape index (κ1) is 14.0. The van der Waals surface area contributed by atoms with E-state index in [4.69, 9.17) is 0 Å². The molecule has 0 aliphatic carbocycles. The third-order valence-corrected chi connectivity index (χ3v) is 3.78. The number of hydrogen-bond acceptors (Lipinski definition) is 4. The van der Waals surface area contributed by atoms with Gasteiger partial charge in [-0.25, -0.2) is 9.37 Å². The molecule has 3 nitrogen and oxygen atoms in total. The van der Waals surface area contributed by atoms with Gasteiger partial charge in [0.1, 0.15) is 10.8 Å². The Balaban J connectivity index is 2.33. The van der Waals surface area contributed by atoms with Crippen LogP contribution in [0.1, 0.15) is 25.5 Å². The topological polar surface area (TPSA) is 37.8 Å². The van der Waals surface area contributed by atoms with Crippen LogP contribution in [0.3, 0.4) is 0 Å². The van der Waals surface area contributed by atoms with Gasteiger partial charge in [0.25, 0.3) is 0 Å². The molecule has 0 spiro atoms. The van der Waals surface area contributed by atoms with Crippen LogP contribution >= 0.6 is 11.8 Å². The highest BCUT2D eigenvalue weighted by molar-refractivity contribution is 7.99. The molecule has 100 valence electrons. The lowest BCUT2D eigenvalue weighted by Crippen LogP contribution is -2.18. The van der Waals surface area contributed by atoms with E-state index in [9.17, 15) is 4.39 Å². The van der Waals surface area contributed by atoms with E-state index in [-0.39, 0.29) is 11.9 Å². The molecular weight excluding hydrogens is 261 g/mol. The van der Waals surface area contributed by atoms with E-state index in [1.165, 1.54) is 17.8 Å². The molecule has 0 saturated carbocycles. The van der Waals surface area contributed by atoms with Gasteiger partial charge in [-0.3, -0.25) is 4.98 Å². The second-order valence-corrected chi connectivity index (χ2v) is 5.11. The maximum absolute atomic E-state index is 14.0. The number of aromatic nitrogens is 2. The van der Waals surface area contributed by atoms with Crippen LogP contribution in [-0.4, -0.2) is 16.5 Å². The zero-order chi connectivity index (χ0) is 13.7. The van der Waals surface area contributed by atoms with Gasteiger partial charge in [0.2, 0.25) is 0 Å². The van der Waals surface area contributed by atoms with Crippen LogP contribution in [0, 0.1) is 5.82 Å². The van der Waals surface area contributed by atoms with E-state index >= 15 is 0 Å². The summed E-state index contributed by atoms with van der Waals surface area (Å²) < 4.78 is 14.0. The second kappa shape index (κ2) is 6.63. The number of halogens is 1. The minimum atomic E-state index is -0.224. The monoisotopic (exact) mass is 277 g/mol. The van der Waals surface area contributed by atoms with Crippen molar-refractivity contribution in [2.24, 2.45) is 0 Å². The Hall–Kier alpha value is -1.46. The molecular formula is C14H16FN3S. The molecule has 2 aromatic rings. The predicted octanol–water partition coefficient (Wildman–Crippen LogP) is 3.44. The maximum atomic E-state index is 14.0. The first-order valence-corrected chi connectivity index (χ1v) is 6.99. The van der Waals surface area contributed by atoms with Crippen molar-refractivity contribution in [3.8, 4) is 0 Å². The smallest absolute Gasteiger partial charge is 0.137 e. The van der Waals surface area contributed by atoms with Crippen LogP contribution in [-0.2, 0) is 0 Å². The molecule has 0 amide bonds. The Morgan fingerprint density at radius 3 is 2.89 bits per heavy atom. The molecule has 5 heteroatoms. The summed E-state index contributed by atoms with van der Waals surface area (Å²) >= 11 is 1.31. The van der Waals surface area contributed by atoms with Crippen LogP contribution in [0.25, 0.3) is 0 Å². The van der Waals surface area contributed by atoms with E-state index in [1.54, 1.807) is 24.7 Å². The van der Waals surface area contributed by atoms with Crippen molar-refractivity contribution in [3.63, 3.8) is 0 Å². The average Bonchev–Trinajstić information content (AvgIpc) is 2.42. The molecule has 0 saturated heterocycles. The summed E-state index contributed by atoms with van der Waals surface area (Å²) in [6.45, 7) is 4.90. The van der Waals surface area contributed by atoms with Gasteiger partial charge in [-0.05, 0) is 25.1 Å². The number of rotatable bonds is 5. The number of hydrogen-bond donors (Lipinski definition) is 1.